The van der Waals surface area contributed by atoms with Crippen LogP contribution in [-0.2, 0) is 17.8 Å². The van der Waals surface area contributed by atoms with Crippen LogP contribution in [0.5, 0.6) is 0 Å². The molecule has 3 rings (SSSR count). The number of aromatic nitrogens is 4. The van der Waals surface area contributed by atoms with Gasteiger partial charge in [0, 0.05) is 23.3 Å². The number of hydrogen-bond donors (Lipinski definition) is 1. The van der Waals surface area contributed by atoms with E-state index in [0.29, 0.717) is 23.8 Å². The summed E-state index contributed by atoms with van der Waals surface area (Å²) in [5.41, 5.74) is 2.49. The van der Waals surface area contributed by atoms with E-state index in [9.17, 15) is 9.59 Å². The summed E-state index contributed by atoms with van der Waals surface area (Å²) >= 11 is 5.85. The van der Waals surface area contributed by atoms with E-state index in [1.165, 1.54) is 6.07 Å². The van der Waals surface area contributed by atoms with Gasteiger partial charge in [0.25, 0.3) is 5.56 Å². The number of benzene rings is 1. The van der Waals surface area contributed by atoms with Crippen molar-refractivity contribution in [2.24, 2.45) is 0 Å². The van der Waals surface area contributed by atoms with E-state index in [-0.39, 0.29) is 18.0 Å². The number of nitrogens with zero attached hydrogens (tertiary/aromatic N) is 4. The number of nitrogens with one attached hydrogen (secondary N) is 1. The molecule has 1 aromatic carbocycles. The lowest BCUT2D eigenvalue weighted by Crippen LogP contribution is -2.34. The van der Waals surface area contributed by atoms with Crippen molar-refractivity contribution >= 4 is 17.5 Å². The highest BCUT2D eigenvalue weighted by atomic mass is 35.5. The Hall–Kier alpha value is -2.93. The molecule has 0 bridgehead atoms. The minimum Gasteiger partial charge on any atom is -0.354 e. The average Bonchev–Trinajstić information content (AvgIpc) is 2.97. The molecule has 1 N–H and O–H groups in total. The van der Waals surface area contributed by atoms with Crippen LogP contribution in [-0.4, -0.2) is 32.0 Å². The Balaban J connectivity index is 1.63. The van der Waals surface area contributed by atoms with Crippen LogP contribution in [0.25, 0.3) is 5.82 Å². The van der Waals surface area contributed by atoms with Crippen molar-refractivity contribution < 1.29 is 4.79 Å². The zero-order valence-electron chi connectivity index (χ0n) is 15.1. The van der Waals surface area contributed by atoms with E-state index >= 15 is 0 Å². The third-order valence-electron chi connectivity index (χ3n) is 4.02. The maximum atomic E-state index is 12.2. The lowest BCUT2D eigenvalue weighted by molar-refractivity contribution is -0.121. The summed E-state index contributed by atoms with van der Waals surface area (Å²) in [4.78, 5) is 24.2. The SMILES string of the molecule is Cc1cc(C)n(-c2ccc(=O)n(CC(=O)NCCc3ccc(Cl)cc3)n2)n1. The van der Waals surface area contributed by atoms with E-state index in [4.69, 9.17) is 11.6 Å². The Morgan fingerprint density at radius 2 is 1.85 bits per heavy atom. The molecule has 8 heteroatoms. The lowest BCUT2D eigenvalue weighted by Gasteiger charge is -2.09. The monoisotopic (exact) mass is 385 g/mol. The van der Waals surface area contributed by atoms with Gasteiger partial charge in [0.2, 0.25) is 5.91 Å². The van der Waals surface area contributed by atoms with Gasteiger partial charge >= 0.3 is 0 Å². The molecule has 1 amide bonds. The maximum Gasteiger partial charge on any atom is 0.267 e. The molecule has 27 heavy (non-hydrogen) atoms. The summed E-state index contributed by atoms with van der Waals surface area (Å²) in [6.07, 6.45) is 0.678. The first-order valence-corrected chi connectivity index (χ1v) is 8.93. The lowest BCUT2D eigenvalue weighted by atomic mass is 10.1. The van der Waals surface area contributed by atoms with E-state index < -0.39 is 0 Å². The van der Waals surface area contributed by atoms with Gasteiger partial charge < -0.3 is 5.32 Å². The number of halogens is 1. The van der Waals surface area contributed by atoms with Crippen LogP contribution in [0.1, 0.15) is 17.0 Å². The Morgan fingerprint density at radius 1 is 1.11 bits per heavy atom. The first-order valence-electron chi connectivity index (χ1n) is 8.55. The molecule has 7 nitrogen and oxygen atoms in total. The van der Waals surface area contributed by atoms with Gasteiger partial charge in [-0.05, 0) is 50.1 Å². The molecule has 0 aliphatic rings. The van der Waals surface area contributed by atoms with Gasteiger partial charge in [-0.25, -0.2) is 9.36 Å². The van der Waals surface area contributed by atoms with Gasteiger partial charge in [-0.15, -0.1) is 5.10 Å². The standard InChI is InChI=1S/C19H20ClN5O2/c1-13-11-14(2)25(22-13)17-7-8-19(27)24(23-17)12-18(26)21-10-9-15-3-5-16(20)6-4-15/h3-8,11H,9-10,12H2,1-2H3,(H,21,26). The van der Waals surface area contributed by atoms with Crippen molar-refractivity contribution in [2.75, 3.05) is 6.54 Å². The summed E-state index contributed by atoms with van der Waals surface area (Å²) in [5, 5.41) is 12.1. The molecule has 2 aromatic heterocycles. The van der Waals surface area contributed by atoms with Crippen LogP contribution < -0.4 is 10.9 Å². The minimum atomic E-state index is -0.340. The smallest absolute Gasteiger partial charge is 0.267 e. The first-order chi connectivity index (χ1) is 12.9. The van der Waals surface area contributed by atoms with Crippen LogP contribution in [0.2, 0.25) is 5.02 Å². The van der Waals surface area contributed by atoms with E-state index in [2.05, 4.69) is 15.5 Å². The molecule has 0 fully saturated rings. The molecule has 0 aliphatic heterocycles. The molecular formula is C19H20ClN5O2. The van der Waals surface area contributed by atoms with Crippen LogP contribution >= 0.6 is 11.6 Å². The van der Waals surface area contributed by atoms with Gasteiger partial charge in [-0.3, -0.25) is 9.59 Å². The third-order valence-corrected chi connectivity index (χ3v) is 4.27. The summed E-state index contributed by atoms with van der Waals surface area (Å²) in [6, 6.07) is 12.4. The second-order valence-electron chi connectivity index (χ2n) is 6.25. The Labute approximate surface area is 161 Å². The zero-order chi connectivity index (χ0) is 19.4. The van der Waals surface area contributed by atoms with Crippen molar-refractivity contribution in [3.8, 4) is 5.82 Å². The molecule has 0 atom stereocenters. The van der Waals surface area contributed by atoms with Crippen molar-refractivity contribution in [3.05, 3.63) is 74.8 Å². The molecule has 0 spiro atoms. The summed E-state index contributed by atoms with van der Waals surface area (Å²) < 4.78 is 2.78. The molecule has 0 aliphatic carbocycles. The first kappa shape index (κ1) is 18.8. The maximum absolute atomic E-state index is 12.2. The summed E-state index contributed by atoms with van der Waals surface area (Å²) in [7, 11) is 0. The Bertz CT molecular complexity index is 1010. The Morgan fingerprint density at radius 3 is 2.52 bits per heavy atom. The summed E-state index contributed by atoms with van der Waals surface area (Å²) in [5.74, 6) is 0.221. The largest absolute Gasteiger partial charge is 0.354 e. The summed E-state index contributed by atoms with van der Waals surface area (Å²) in [6.45, 7) is 4.10. The number of carbonyl (C=O) groups excluding carboxylic acids is 1. The quantitative estimate of drug-likeness (QED) is 0.704. The molecule has 0 radical (unpaired) electrons. The highest BCUT2D eigenvalue weighted by Crippen LogP contribution is 2.10. The van der Waals surface area contributed by atoms with Crippen LogP contribution in [0, 0.1) is 13.8 Å². The number of rotatable bonds is 6. The topological polar surface area (TPSA) is 81.8 Å². The molecule has 0 saturated carbocycles. The highest BCUT2D eigenvalue weighted by Gasteiger charge is 2.10. The molecule has 0 unspecified atom stereocenters. The van der Waals surface area contributed by atoms with Gasteiger partial charge in [-0.1, -0.05) is 23.7 Å². The van der Waals surface area contributed by atoms with Crippen molar-refractivity contribution in [3.63, 3.8) is 0 Å². The fraction of sp³-hybridized carbons (Fsp3) is 0.263. The van der Waals surface area contributed by atoms with Crippen molar-refractivity contribution in [1.29, 1.82) is 0 Å². The van der Waals surface area contributed by atoms with Crippen LogP contribution in [0.4, 0.5) is 0 Å². The van der Waals surface area contributed by atoms with Crippen LogP contribution in [0.15, 0.2) is 47.3 Å². The van der Waals surface area contributed by atoms with Gasteiger partial charge in [0.05, 0.1) is 5.69 Å². The van der Waals surface area contributed by atoms with Gasteiger partial charge in [0.15, 0.2) is 5.82 Å². The van der Waals surface area contributed by atoms with E-state index in [1.807, 2.05) is 44.2 Å². The fourth-order valence-electron chi connectivity index (χ4n) is 2.71. The normalized spacial score (nSPS) is 10.8. The predicted octanol–water partition coefficient (Wildman–Crippen LogP) is 2.06. The van der Waals surface area contributed by atoms with E-state index in [1.54, 1.807) is 10.7 Å². The molecule has 0 saturated heterocycles. The minimum absolute atomic E-state index is 0.146. The Kier molecular flexibility index (Phi) is 5.71. The van der Waals surface area contributed by atoms with Gasteiger partial charge in [-0.2, -0.15) is 5.10 Å². The number of hydrogen-bond acceptors (Lipinski definition) is 4. The molecular weight excluding hydrogens is 366 g/mol. The second kappa shape index (κ2) is 8.18. The molecule has 2 heterocycles. The van der Waals surface area contributed by atoms with Crippen molar-refractivity contribution in [2.45, 2.75) is 26.8 Å². The number of carbonyl (C=O) groups is 1. The zero-order valence-corrected chi connectivity index (χ0v) is 15.9. The average molecular weight is 386 g/mol. The highest BCUT2D eigenvalue weighted by molar-refractivity contribution is 6.30. The van der Waals surface area contributed by atoms with Gasteiger partial charge in [0.1, 0.15) is 6.54 Å². The van der Waals surface area contributed by atoms with Crippen molar-refractivity contribution in [1.82, 2.24) is 24.9 Å². The number of aryl methyl sites for hydroxylation is 2. The van der Waals surface area contributed by atoms with E-state index in [0.717, 1.165) is 21.6 Å². The third kappa shape index (κ3) is 4.83. The molecule has 140 valence electrons. The predicted molar refractivity (Wildman–Crippen MR) is 103 cm³/mol. The van der Waals surface area contributed by atoms with Crippen LogP contribution in [0.3, 0.4) is 0 Å². The number of amides is 1. The molecule has 3 aromatic rings. The second-order valence-corrected chi connectivity index (χ2v) is 6.69. The fourth-order valence-corrected chi connectivity index (χ4v) is 2.84.